The van der Waals surface area contributed by atoms with Crippen LogP contribution in [0.2, 0.25) is 0 Å². The Balaban J connectivity index is 1.65. The second-order valence-corrected chi connectivity index (χ2v) is 13.9. The van der Waals surface area contributed by atoms with Crippen LogP contribution >= 0.6 is 0 Å². The Morgan fingerprint density at radius 2 is 1.20 bits per heavy atom. The monoisotopic (exact) mass is 656 g/mol. The van der Waals surface area contributed by atoms with E-state index in [4.69, 9.17) is 17.8 Å². The van der Waals surface area contributed by atoms with Crippen molar-refractivity contribution < 1.29 is 34.7 Å². The lowest BCUT2D eigenvalue weighted by atomic mass is 9.80. The van der Waals surface area contributed by atoms with Crippen LogP contribution in [-0.2, 0) is 43.7 Å². The highest BCUT2D eigenvalue weighted by molar-refractivity contribution is 7.86. The fourth-order valence-electron chi connectivity index (χ4n) is 5.44. The average Bonchev–Trinajstić information content (AvgIpc) is 3.30. The van der Waals surface area contributed by atoms with Crippen LogP contribution in [0.25, 0.3) is 0 Å². The smallest absolute Gasteiger partial charge is 0.330 e. The lowest BCUT2D eigenvalue weighted by Crippen LogP contribution is -2.44. The third-order valence-electron chi connectivity index (χ3n) is 7.28. The molecule has 0 bridgehead atoms. The number of benzene rings is 3. The van der Waals surface area contributed by atoms with E-state index in [0.29, 0.717) is 0 Å². The summed E-state index contributed by atoms with van der Waals surface area (Å²) in [5, 5.41) is 0. The first-order valence-corrected chi connectivity index (χ1v) is 17.5. The van der Waals surface area contributed by atoms with Crippen molar-refractivity contribution in [1.82, 2.24) is 9.55 Å². The van der Waals surface area contributed by atoms with Gasteiger partial charge in [0.2, 0.25) is 0 Å². The third kappa shape index (κ3) is 7.16. The molecule has 238 valence electrons. The lowest BCUT2D eigenvalue weighted by Gasteiger charge is -2.37. The first-order valence-electron chi connectivity index (χ1n) is 13.8. The summed E-state index contributed by atoms with van der Waals surface area (Å²) in [6.45, 7) is 1.09. The zero-order chi connectivity index (χ0) is 32.4. The van der Waals surface area contributed by atoms with E-state index in [1.807, 2.05) is 91.0 Å². The zero-order valence-corrected chi connectivity index (χ0v) is 26.2. The minimum atomic E-state index is -4.25. The van der Waals surface area contributed by atoms with Gasteiger partial charge in [-0.1, -0.05) is 91.0 Å². The molecule has 0 unspecified atom stereocenters. The maximum Gasteiger partial charge on any atom is 0.330 e. The van der Waals surface area contributed by atoms with Gasteiger partial charge in [0, 0.05) is 11.8 Å². The van der Waals surface area contributed by atoms with Gasteiger partial charge in [-0.2, -0.15) is 16.8 Å². The van der Waals surface area contributed by atoms with Gasteiger partial charge in [0.15, 0.2) is 12.3 Å². The first-order chi connectivity index (χ1) is 21.3. The molecule has 1 aromatic heterocycles. The van der Waals surface area contributed by atoms with Crippen molar-refractivity contribution in [2.75, 3.05) is 19.1 Å². The molecule has 45 heavy (non-hydrogen) atoms. The van der Waals surface area contributed by atoms with Crippen LogP contribution < -0.4 is 11.2 Å². The number of nitrogens with one attached hydrogen (secondary N) is 1. The predicted molar refractivity (Wildman–Crippen MR) is 165 cm³/mol. The Bertz CT molecular complexity index is 1870. The summed E-state index contributed by atoms with van der Waals surface area (Å²) >= 11 is 0. The summed E-state index contributed by atoms with van der Waals surface area (Å²) in [6.07, 6.45) is -3.31. The predicted octanol–water partition coefficient (Wildman–Crippen LogP) is 2.44. The van der Waals surface area contributed by atoms with Crippen molar-refractivity contribution in [3.63, 3.8) is 0 Å². The van der Waals surface area contributed by atoms with E-state index in [0.717, 1.165) is 33.8 Å². The second-order valence-electron chi connectivity index (χ2n) is 10.7. The van der Waals surface area contributed by atoms with E-state index in [9.17, 15) is 26.4 Å². The van der Waals surface area contributed by atoms with Crippen LogP contribution in [0.1, 0.15) is 28.5 Å². The standard InChI is InChI=1S/C31H32N2O10S2/c1-21-19-33(30(35)32-28(21)34)29-27(43-45(3,38)39)26(42-44(2,36)37)25(41-29)20-40-31(22-13-7-4-8-14-22,23-15-9-5-10-16-23)24-17-11-6-12-18-24/h4-19,25-27,29H,20H2,1-3H3,(H,32,34,35)/t25-,26-,27-,29-/m1/s1. The largest absolute Gasteiger partial charge is 0.358 e. The molecule has 4 aromatic rings. The van der Waals surface area contributed by atoms with Gasteiger partial charge < -0.3 is 9.47 Å². The molecule has 2 heterocycles. The molecule has 4 atom stereocenters. The number of H-pyrrole nitrogens is 1. The van der Waals surface area contributed by atoms with Gasteiger partial charge in [-0.25, -0.2) is 4.79 Å². The van der Waals surface area contributed by atoms with Crippen LogP contribution in [-0.4, -0.2) is 63.8 Å². The lowest BCUT2D eigenvalue weighted by molar-refractivity contribution is -0.0930. The van der Waals surface area contributed by atoms with Gasteiger partial charge in [-0.05, 0) is 23.6 Å². The number of aryl methyl sites for hydroxylation is 1. The number of aromatic amines is 1. The molecule has 1 fully saturated rings. The van der Waals surface area contributed by atoms with Crippen molar-refractivity contribution in [2.45, 2.75) is 37.1 Å². The summed E-state index contributed by atoms with van der Waals surface area (Å²) < 4.78 is 74.4. The Kier molecular flexibility index (Phi) is 9.26. The Morgan fingerprint density at radius 1 is 0.756 bits per heavy atom. The third-order valence-corrected chi connectivity index (χ3v) is 8.43. The molecule has 12 nitrogen and oxygen atoms in total. The highest BCUT2D eigenvalue weighted by Gasteiger charge is 2.52. The fourth-order valence-corrected chi connectivity index (χ4v) is 6.68. The second kappa shape index (κ2) is 12.8. The highest BCUT2D eigenvalue weighted by Crippen LogP contribution is 2.42. The van der Waals surface area contributed by atoms with E-state index in [-0.39, 0.29) is 12.2 Å². The minimum Gasteiger partial charge on any atom is -0.358 e. The molecule has 1 aliphatic heterocycles. The number of hydrogen-bond donors (Lipinski definition) is 1. The van der Waals surface area contributed by atoms with Crippen molar-refractivity contribution >= 4 is 20.2 Å². The number of nitrogens with zero attached hydrogens (tertiary/aromatic N) is 1. The molecule has 1 N–H and O–H groups in total. The Labute approximate surface area is 260 Å². The SMILES string of the molecule is Cc1cn([C@@H]2O[C@H](COC(c3ccccc3)(c3ccccc3)c3ccccc3)[C@@H](OS(C)(=O)=O)[C@H]2OS(C)(=O)=O)c(=O)[nH]c1=O. The van der Waals surface area contributed by atoms with Crippen LogP contribution in [0.5, 0.6) is 0 Å². The van der Waals surface area contributed by atoms with Crippen molar-refractivity contribution in [1.29, 1.82) is 0 Å². The number of hydrogen-bond acceptors (Lipinski definition) is 10. The molecule has 5 rings (SSSR count). The van der Waals surface area contributed by atoms with E-state index < -0.39 is 61.6 Å². The average molecular weight is 657 g/mol. The van der Waals surface area contributed by atoms with Gasteiger partial charge in [0.05, 0.1) is 19.1 Å². The molecule has 14 heteroatoms. The molecule has 0 amide bonds. The van der Waals surface area contributed by atoms with E-state index in [1.54, 1.807) is 0 Å². The van der Waals surface area contributed by atoms with Gasteiger partial charge in [-0.3, -0.25) is 22.7 Å². The molecular formula is C31H32N2O10S2. The number of rotatable bonds is 11. The molecule has 3 aromatic carbocycles. The van der Waals surface area contributed by atoms with E-state index >= 15 is 0 Å². The molecule has 0 spiro atoms. The normalized spacial score (nSPS) is 20.7. The first kappa shape index (κ1) is 32.5. The summed E-state index contributed by atoms with van der Waals surface area (Å²) in [5.74, 6) is 0. The number of aromatic nitrogens is 2. The van der Waals surface area contributed by atoms with Crippen LogP contribution in [0.15, 0.2) is 107 Å². The van der Waals surface area contributed by atoms with E-state index in [1.165, 1.54) is 13.1 Å². The Morgan fingerprint density at radius 3 is 1.64 bits per heavy atom. The molecule has 1 saturated heterocycles. The topological polar surface area (TPSA) is 160 Å². The van der Waals surface area contributed by atoms with Crippen molar-refractivity contribution in [3.05, 3.63) is 140 Å². The van der Waals surface area contributed by atoms with Gasteiger partial charge in [-0.15, -0.1) is 0 Å². The molecule has 0 saturated carbocycles. The summed E-state index contributed by atoms with van der Waals surface area (Å²) in [7, 11) is -8.47. The van der Waals surface area contributed by atoms with Crippen LogP contribution in [0, 0.1) is 6.92 Å². The molecule has 0 aliphatic carbocycles. The quantitative estimate of drug-likeness (QED) is 0.188. The van der Waals surface area contributed by atoms with Crippen LogP contribution in [0.4, 0.5) is 0 Å². The van der Waals surface area contributed by atoms with Gasteiger partial charge in [0.25, 0.3) is 25.8 Å². The van der Waals surface area contributed by atoms with Gasteiger partial charge in [0.1, 0.15) is 17.8 Å². The summed E-state index contributed by atoms with van der Waals surface area (Å²) in [6, 6.07) is 28.1. The maximum absolute atomic E-state index is 12.9. The number of ether oxygens (including phenoxy) is 2. The molecular weight excluding hydrogens is 624 g/mol. The fraction of sp³-hybridized carbons (Fsp3) is 0.290. The van der Waals surface area contributed by atoms with Gasteiger partial charge >= 0.3 is 5.69 Å². The molecule has 0 radical (unpaired) electrons. The van der Waals surface area contributed by atoms with E-state index in [2.05, 4.69) is 4.98 Å². The van der Waals surface area contributed by atoms with Crippen molar-refractivity contribution in [3.8, 4) is 0 Å². The van der Waals surface area contributed by atoms with Crippen molar-refractivity contribution in [2.24, 2.45) is 0 Å². The highest BCUT2D eigenvalue weighted by atomic mass is 32.2. The zero-order valence-electron chi connectivity index (χ0n) is 24.6. The summed E-state index contributed by atoms with van der Waals surface area (Å²) in [5.41, 5.74) is -0.481. The minimum absolute atomic E-state index is 0.118. The Hall–Kier alpha value is -3.92. The summed E-state index contributed by atoms with van der Waals surface area (Å²) in [4.78, 5) is 27.1. The maximum atomic E-state index is 12.9. The van der Waals surface area contributed by atoms with Crippen LogP contribution in [0.3, 0.4) is 0 Å². The molecule has 1 aliphatic rings.